The fourth-order valence-corrected chi connectivity index (χ4v) is 2.76. The van der Waals surface area contributed by atoms with Gasteiger partial charge in [-0.05, 0) is 35.9 Å². The Bertz CT molecular complexity index is 940. The van der Waals surface area contributed by atoms with Crippen molar-refractivity contribution in [2.75, 3.05) is 0 Å². The van der Waals surface area contributed by atoms with Crippen molar-refractivity contribution in [3.8, 4) is 22.8 Å². The molecule has 4 rings (SSSR count). The highest BCUT2D eigenvalue weighted by Crippen LogP contribution is 2.33. The first-order valence-corrected chi connectivity index (χ1v) is 7.87. The summed E-state index contributed by atoms with van der Waals surface area (Å²) < 4.78 is 5.80. The molecule has 0 radical (unpaired) electrons. The number of hydrogen-bond acceptors (Lipinski definition) is 2. The molecule has 118 valence electrons. The third kappa shape index (κ3) is 2.84. The van der Waals surface area contributed by atoms with Gasteiger partial charge >= 0.3 is 0 Å². The number of nitrogens with one attached hydrogen (secondary N) is 1. The second kappa shape index (κ2) is 6.13. The zero-order chi connectivity index (χ0) is 16.4. The van der Waals surface area contributed by atoms with Crippen molar-refractivity contribution < 1.29 is 9.84 Å². The number of phenols is 1. The molecule has 0 aliphatic rings. The molecule has 3 nitrogen and oxygen atoms in total. The smallest absolute Gasteiger partial charge is 0.162 e. The number of aromatic hydroxyl groups is 1. The number of H-pyrrole nitrogens is 1. The van der Waals surface area contributed by atoms with Crippen LogP contribution >= 0.6 is 0 Å². The van der Waals surface area contributed by atoms with Gasteiger partial charge in [0.2, 0.25) is 0 Å². The highest BCUT2D eigenvalue weighted by atomic mass is 16.5. The van der Waals surface area contributed by atoms with Gasteiger partial charge in [-0.2, -0.15) is 0 Å². The molecule has 0 amide bonds. The average Bonchev–Trinajstić information content (AvgIpc) is 3.06. The van der Waals surface area contributed by atoms with Crippen molar-refractivity contribution in [2.45, 2.75) is 6.61 Å². The maximum atomic E-state index is 10.1. The number of aromatic nitrogens is 1. The SMILES string of the molecule is Oc1ccc(-c2cc3ccccc3[nH]2)cc1OCc1ccccc1. The molecule has 0 aliphatic heterocycles. The van der Waals surface area contributed by atoms with Gasteiger partial charge in [0.25, 0.3) is 0 Å². The first-order chi connectivity index (χ1) is 11.8. The number of rotatable bonds is 4. The van der Waals surface area contributed by atoms with Gasteiger partial charge in [0.05, 0.1) is 0 Å². The normalized spacial score (nSPS) is 10.8. The predicted octanol–water partition coefficient (Wildman–Crippen LogP) is 5.12. The number of aromatic amines is 1. The third-order valence-electron chi connectivity index (χ3n) is 4.04. The first kappa shape index (κ1) is 14.4. The van der Waals surface area contributed by atoms with Crippen LogP contribution in [0.2, 0.25) is 0 Å². The minimum absolute atomic E-state index is 0.144. The second-order valence-corrected chi connectivity index (χ2v) is 5.73. The van der Waals surface area contributed by atoms with Gasteiger partial charge < -0.3 is 14.8 Å². The Kier molecular flexibility index (Phi) is 3.67. The van der Waals surface area contributed by atoms with Crippen LogP contribution in [0.15, 0.2) is 78.9 Å². The lowest BCUT2D eigenvalue weighted by Crippen LogP contribution is -1.95. The van der Waals surface area contributed by atoms with E-state index in [4.69, 9.17) is 4.74 Å². The van der Waals surface area contributed by atoms with Crippen LogP contribution in [0.25, 0.3) is 22.2 Å². The molecule has 1 aromatic heterocycles. The molecule has 3 aromatic carbocycles. The molecule has 0 spiro atoms. The number of hydrogen-bond donors (Lipinski definition) is 2. The van der Waals surface area contributed by atoms with Crippen LogP contribution < -0.4 is 4.74 Å². The molecular weight excluding hydrogens is 298 g/mol. The van der Waals surface area contributed by atoms with Gasteiger partial charge in [0.15, 0.2) is 11.5 Å². The van der Waals surface area contributed by atoms with Crippen LogP contribution in [-0.4, -0.2) is 10.1 Å². The molecule has 3 heteroatoms. The van der Waals surface area contributed by atoms with E-state index in [0.717, 1.165) is 27.7 Å². The van der Waals surface area contributed by atoms with E-state index < -0.39 is 0 Å². The predicted molar refractivity (Wildman–Crippen MR) is 96.2 cm³/mol. The minimum Gasteiger partial charge on any atom is -0.504 e. The molecule has 0 fully saturated rings. The number of ether oxygens (including phenoxy) is 1. The summed E-state index contributed by atoms with van der Waals surface area (Å²) in [4.78, 5) is 3.40. The first-order valence-electron chi connectivity index (χ1n) is 7.87. The molecule has 24 heavy (non-hydrogen) atoms. The highest BCUT2D eigenvalue weighted by Gasteiger charge is 2.08. The zero-order valence-corrected chi connectivity index (χ0v) is 13.1. The lowest BCUT2D eigenvalue weighted by molar-refractivity contribution is 0.289. The summed E-state index contributed by atoms with van der Waals surface area (Å²) in [5.41, 5.74) is 4.13. The summed E-state index contributed by atoms with van der Waals surface area (Å²) in [6, 6.07) is 25.6. The summed E-state index contributed by atoms with van der Waals surface area (Å²) in [6.07, 6.45) is 0. The van der Waals surface area contributed by atoms with Crippen LogP contribution in [-0.2, 0) is 6.61 Å². The minimum atomic E-state index is 0.144. The quantitative estimate of drug-likeness (QED) is 0.549. The van der Waals surface area contributed by atoms with Crippen LogP contribution in [0, 0.1) is 0 Å². The molecule has 0 saturated heterocycles. The Balaban J connectivity index is 1.63. The van der Waals surface area contributed by atoms with Crippen LogP contribution in [0.3, 0.4) is 0 Å². The zero-order valence-electron chi connectivity index (χ0n) is 13.1. The summed E-state index contributed by atoms with van der Waals surface area (Å²) in [5, 5.41) is 11.2. The lowest BCUT2D eigenvalue weighted by Gasteiger charge is -2.09. The fourth-order valence-electron chi connectivity index (χ4n) is 2.76. The Morgan fingerprint density at radius 2 is 1.62 bits per heavy atom. The average molecular weight is 315 g/mol. The van der Waals surface area contributed by atoms with Crippen molar-refractivity contribution in [1.29, 1.82) is 0 Å². The van der Waals surface area contributed by atoms with E-state index in [1.807, 2.05) is 60.7 Å². The largest absolute Gasteiger partial charge is 0.504 e. The Morgan fingerprint density at radius 1 is 0.833 bits per heavy atom. The van der Waals surface area contributed by atoms with Crippen molar-refractivity contribution in [3.63, 3.8) is 0 Å². The van der Waals surface area contributed by atoms with E-state index in [-0.39, 0.29) is 5.75 Å². The molecule has 0 unspecified atom stereocenters. The maximum Gasteiger partial charge on any atom is 0.162 e. The van der Waals surface area contributed by atoms with Gasteiger partial charge in [-0.15, -0.1) is 0 Å². The fraction of sp³-hybridized carbons (Fsp3) is 0.0476. The van der Waals surface area contributed by atoms with E-state index in [0.29, 0.717) is 12.4 Å². The van der Waals surface area contributed by atoms with Crippen molar-refractivity contribution in [2.24, 2.45) is 0 Å². The van der Waals surface area contributed by atoms with Gasteiger partial charge in [0, 0.05) is 22.2 Å². The van der Waals surface area contributed by atoms with Gasteiger partial charge in [-0.3, -0.25) is 0 Å². The van der Waals surface area contributed by atoms with E-state index in [1.165, 1.54) is 0 Å². The van der Waals surface area contributed by atoms with E-state index >= 15 is 0 Å². The van der Waals surface area contributed by atoms with Crippen molar-refractivity contribution >= 4 is 10.9 Å². The topological polar surface area (TPSA) is 45.2 Å². The van der Waals surface area contributed by atoms with Crippen molar-refractivity contribution in [1.82, 2.24) is 4.98 Å². The number of benzene rings is 3. The molecular formula is C21H17NO2. The maximum absolute atomic E-state index is 10.1. The summed E-state index contributed by atoms with van der Waals surface area (Å²) in [7, 11) is 0. The molecule has 0 atom stereocenters. The monoisotopic (exact) mass is 315 g/mol. The molecule has 2 N–H and O–H groups in total. The summed E-state index contributed by atoms with van der Waals surface area (Å²) in [5.74, 6) is 0.626. The number of para-hydroxylation sites is 1. The van der Waals surface area contributed by atoms with Gasteiger partial charge in [0.1, 0.15) is 6.61 Å². The standard InChI is InChI=1S/C21H17NO2/c23-20-11-10-17(19-12-16-8-4-5-9-18(16)22-19)13-21(20)24-14-15-6-2-1-3-7-15/h1-13,22-23H,14H2. The molecule has 0 bridgehead atoms. The van der Waals surface area contributed by atoms with E-state index in [9.17, 15) is 5.11 Å². The van der Waals surface area contributed by atoms with Crippen LogP contribution in [0.5, 0.6) is 11.5 Å². The molecule has 0 aliphatic carbocycles. The van der Waals surface area contributed by atoms with Crippen LogP contribution in [0.1, 0.15) is 5.56 Å². The lowest BCUT2D eigenvalue weighted by atomic mass is 10.1. The van der Waals surface area contributed by atoms with Gasteiger partial charge in [-0.25, -0.2) is 0 Å². The Hall–Kier alpha value is -3.20. The van der Waals surface area contributed by atoms with Crippen molar-refractivity contribution in [3.05, 3.63) is 84.4 Å². The van der Waals surface area contributed by atoms with Gasteiger partial charge in [-0.1, -0.05) is 48.5 Å². The Labute approximate surface area is 140 Å². The summed E-state index contributed by atoms with van der Waals surface area (Å²) in [6.45, 7) is 0.421. The molecule has 1 heterocycles. The van der Waals surface area contributed by atoms with E-state index in [1.54, 1.807) is 6.07 Å². The highest BCUT2D eigenvalue weighted by molar-refractivity contribution is 5.86. The Morgan fingerprint density at radius 3 is 2.46 bits per heavy atom. The number of fused-ring (bicyclic) bond motifs is 1. The second-order valence-electron chi connectivity index (χ2n) is 5.73. The van der Waals surface area contributed by atoms with E-state index in [2.05, 4.69) is 17.1 Å². The van der Waals surface area contributed by atoms with Crippen LogP contribution in [0.4, 0.5) is 0 Å². The summed E-state index contributed by atoms with van der Waals surface area (Å²) >= 11 is 0. The molecule has 4 aromatic rings. The third-order valence-corrected chi connectivity index (χ3v) is 4.04. The number of phenolic OH excluding ortho intramolecular Hbond substituents is 1. The molecule has 0 saturated carbocycles.